The zero-order valence-electron chi connectivity index (χ0n) is 17.0. The van der Waals surface area contributed by atoms with Crippen LogP contribution >= 0.6 is 0 Å². The zero-order chi connectivity index (χ0) is 20.6. The van der Waals surface area contributed by atoms with Crippen molar-refractivity contribution in [1.29, 1.82) is 0 Å². The van der Waals surface area contributed by atoms with E-state index in [-0.39, 0.29) is 30.3 Å². The molecule has 2 saturated heterocycles. The Morgan fingerprint density at radius 2 is 1.97 bits per heavy atom. The molecule has 3 aliphatic heterocycles. The number of ether oxygens (including phenoxy) is 1. The fourth-order valence-electron chi connectivity index (χ4n) is 4.55. The Kier molecular flexibility index (Phi) is 5.31. The van der Waals surface area contributed by atoms with E-state index < -0.39 is 5.66 Å². The molecule has 0 aromatic heterocycles. The summed E-state index contributed by atoms with van der Waals surface area (Å²) < 4.78 is 5.37. The lowest BCUT2D eigenvalue weighted by atomic mass is 9.98. The third-order valence-electron chi connectivity index (χ3n) is 6.31. The van der Waals surface area contributed by atoms with Crippen molar-refractivity contribution in [2.24, 2.45) is 0 Å². The minimum atomic E-state index is -0.810. The second kappa shape index (κ2) is 7.76. The smallest absolute Gasteiger partial charge is 0.258 e. The first-order chi connectivity index (χ1) is 13.9. The standard InChI is InChI=1S/C21H28N4O4/c1-15(23-9-11-29-12-10-23)13-22-18(26)14-24-20(28)16-5-3-4-6-17(16)25-19(27)7-8-21(24,25)2/h3-6,15H,7-14H2,1-2H3,(H,22,26). The predicted octanol–water partition coefficient (Wildman–Crippen LogP) is 0.822. The molecule has 156 valence electrons. The third-order valence-corrected chi connectivity index (χ3v) is 6.31. The molecule has 3 aliphatic rings. The summed E-state index contributed by atoms with van der Waals surface area (Å²) in [5, 5.41) is 2.96. The summed E-state index contributed by atoms with van der Waals surface area (Å²) in [4.78, 5) is 44.0. The predicted molar refractivity (Wildman–Crippen MR) is 107 cm³/mol. The molecular formula is C21H28N4O4. The first-order valence-corrected chi connectivity index (χ1v) is 10.2. The van der Waals surface area contributed by atoms with Gasteiger partial charge in [-0.25, -0.2) is 0 Å². The van der Waals surface area contributed by atoms with Crippen LogP contribution in [0.1, 0.15) is 37.0 Å². The van der Waals surface area contributed by atoms with E-state index in [0.717, 1.165) is 13.1 Å². The van der Waals surface area contributed by atoms with Gasteiger partial charge in [0.25, 0.3) is 5.91 Å². The van der Waals surface area contributed by atoms with Crippen LogP contribution in [0.5, 0.6) is 0 Å². The van der Waals surface area contributed by atoms with E-state index in [1.165, 1.54) is 0 Å². The second-order valence-electron chi connectivity index (χ2n) is 8.16. The molecule has 2 unspecified atom stereocenters. The van der Waals surface area contributed by atoms with Crippen LogP contribution < -0.4 is 10.2 Å². The largest absolute Gasteiger partial charge is 0.379 e. The molecular weight excluding hydrogens is 372 g/mol. The van der Waals surface area contributed by atoms with Gasteiger partial charge < -0.3 is 15.0 Å². The van der Waals surface area contributed by atoms with Crippen molar-refractivity contribution in [2.45, 2.75) is 38.4 Å². The monoisotopic (exact) mass is 400 g/mol. The summed E-state index contributed by atoms with van der Waals surface area (Å²) >= 11 is 0. The molecule has 2 atom stereocenters. The first kappa shape index (κ1) is 19.8. The van der Waals surface area contributed by atoms with Crippen LogP contribution in [0, 0.1) is 0 Å². The number of nitrogens with zero attached hydrogens (tertiary/aromatic N) is 3. The fraction of sp³-hybridized carbons (Fsp3) is 0.571. The Morgan fingerprint density at radius 3 is 2.72 bits per heavy atom. The number of carbonyl (C=O) groups is 3. The van der Waals surface area contributed by atoms with Crippen molar-refractivity contribution in [3.8, 4) is 0 Å². The maximum Gasteiger partial charge on any atom is 0.258 e. The normalized spacial score (nSPS) is 25.6. The Hall–Kier alpha value is -2.45. The molecule has 3 heterocycles. The number of nitrogens with one attached hydrogen (secondary N) is 1. The summed E-state index contributed by atoms with van der Waals surface area (Å²) in [6.07, 6.45) is 0.883. The van der Waals surface area contributed by atoms with E-state index >= 15 is 0 Å². The van der Waals surface area contributed by atoms with E-state index in [4.69, 9.17) is 4.74 Å². The summed E-state index contributed by atoms with van der Waals surface area (Å²) in [6, 6.07) is 7.32. The maximum absolute atomic E-state index is 13.2. The Balaban J connectivity index is 1.47. The Morgan fingerprint density at radius 1 is 1.24 bits per heavy atom. The van der Waals surface area contributed by atoms with Crippen molar-refractivity contribution in [3.63, 3.8) is 0 Å². The molecule has 8 heteroatoms. The van der Waals surface area contributed by atoms with Crippen molar-refractivity contribution >= 4 is 23.4 Å². The lowest BCUT2D eigenvalue weighted by Gasteiger charge is -2.48. The van der Waals surface area contributed by atoms with Crippen LogP contribution in [0.4, 0.5) is 5.69 Å². The van der Waals surface area contributed by atoms with Crippen LogP contribution in [-0.4, -0.2) is 78.6 Å². The summed E-state index contributed by atoms with van der Waals surface area (Å²) in [5.41, 5.74) is 0.296. The average Bonchev–Trinajstić information content (AvgIpc) is 3.05. The van der Waals surface area contributed by atoms with Gasteiger partial charge in [-0.2, -0.15) is 0 Å². The zero-order valence-corrected chi connectivity index (χ0v) is 17.0. The summed E-state index contributed by atoms with van der Waals surface area (Å²) in [7, 11) is 0. The van der Waals surface area contributed by atoms with E-state index in [1.54, 1.807) is 28.0 Å². The molecule has 3 amide bonds. The molecule has 1 N–H and O–H groups in total. The molecule has 2 fully saturated rings. The maximum atomic E-state index is 13.2. The van der Waals surface area contributed by atoms with Crippen molar-refractivity contribution in [1.82, 2.24) is 15.1 Å². The van der Waals surface area contributed by atoms with Crippen molar-refractivity contribution in [3.05, 3.63) is 29.8 Å². The number of hydrogen-bond acceptors (Lipinski definition) is 5. The molecule has 0 aliphatic carbocycles. The van der Waals surface area contributed by atoms with Gasteiger partial charge in [0.15, 0.2) is 0 Å². The number of fused-ring (bicyclic) bond motifs is 3. The number of amides is 3. The van der Waals surface area contributed by atoms with Gasteiger partial charge in [-0.3, -0.25) is 24.2 Å². The van der Waals surface area contributed by atoms with E-state index in [1.807, 2.05) is 13.0 Å². The average molecular weight is 400 g/mol. The highest BCUT2D eigenvalue weighted by atomic mass is 16.5. The van der Waals surface area contributed by atoms with E-state index in [9.17, 15) is 14.4 Å². The van der Waals surface area contributed by atoms with Crippen LogP contribution in [0.3, 0.4) is 0 Å². The van der Waals surface area contributed by atoms with Gasteiger partial charge in [-0.15, -0.1) is 0 Å². The third kappa shape index (κ3) is 3.51. The molecule has 1 aromatic rings. The van der Waals surface area contributed by atoms with Crippen molar-refractivity contribution in [2.75, 3.05) is 44.3 Å². The first-order valence-electron chi connectivity index (χ1n) is 10.2. The highest BCUT2D eigenvalue weighted by molar-refractivity contribution is 6.11. The Labute approximate surface area is 170 Å². The second-order valence-corrected chi connectivity index (χ2v) is 8.16. The van der Waals surface area contributed by atoms with Crippen LogP contribution in [0.15, 0.2) is 24.3 Å². The SMILES string of the molecule is CC(CNC(=O)CN1C(=O)c2ccccc2N2C(=O)CCC12C)N1CCOCC1. The van der Waals surface area contributed by atoms with Gasteiger partial charge >= 0.3 is 0 Å². The lowest BCUT2D eigenvalue weighted by molar-refractivity contribution is -0.124. The quantitative estimate of drug-likeness (QED) is 0.792. The Bertz CT molecular complexity index is 823. The highest BCUT2D eigenvalue weighted by Gasteiger charge is 2.53. The topological polar surface area (TPSA) is 82.2 Å². The van der Waals surface area contributed by atoms with Crippen LogP contribution in [-0.2, 0) is 14.3 Å². The molecule has 0 spiro atoms. The molecule has 8 nitrogen and oxygen atoms in total. The minimum Gasteiger partial charge on any atom is -0.379 e. The molecule has 0 saturated carbocycles. The van der Waals surface area contributed by atoms with E-state index in [0.29, 0.717) is 43.9 Å². The summed E-state index contributed by atoms with van der Waals surface area (Å²) in [6.45, 7) is 7.52. The lowest BCUT2D eigenvalue weighted by Crippen LogP contribution is -2.64. The van der Waals surface area contributed by atoms with Gasteiger partial charge in [0, 0.05) is 32.1 Å². The van der Waals surface area contributed by atoms with Gasteiger partial charge in [-0.05, 0) is 32.4 Å². The molecule has 1 aromatic carbocycles. The molecule has 4 rings (SSSR count). The van der Waals surface area contributed by atoms with Crippen LogP contribution in [0.25, 0.3) is 0 Å². The summed E-state index contributed by atoms with van der Waals surface area (Å²) in [5.74, 6) is -0.428. The van der Waals surface area contributed by atoms with E-state index in [2.05, 4.69) is 17.1 Å². The molecule has 29 heavy (non-hydrogen) atoms. The van der Waals surface area contributed by atoms with Gasteiger partial charge in [0.2, 0.25) is 11.8 Å². The number of anilines is 1. The van der Waals surface area contributed by atoms with Crippen LogP contribution in [0.2, 0.25) is 0 Å². The fourth-order valence-corrected chi connectivity index (χ4v) is 4.55. The highest BCUT2D eigenvalue weighted by Crippen LogP contribution is 2.43. The number of benzene rings is 1. The van der Waals surface area contributed by atoms with Crippen molar-refractivity contribution < 1.29 is 19.1 Å². The number of hydrogen-bond donors (Lipinski definition) is 1. The number of para-hydroxylation sites is 1. The van der Waals surface area contributed by atoms with Gasteiger partial charge in [0.1, 0.15) is 12.2 Å². The number of morpholine rings is 1. The molecule has 0 radical (unpaired) electrons. The minimum absolute atomic E-state index is 0.0150. The van der Waals surface area contributed by atoms with Gasteiger partial charge in [0.05, 0.1) is 24.5 Å². The van der Waals surface area contributed by atoms with Gasteiger partial charge in [-0.1, -0.05) is 12.1 Å². The number of carbonyl (C=O) groups excluding carboxylic acids is 3. The number of rotatable bonds is 5. The molecule has 0 bridgehead atoms.